The summed E-state index contributed by atoms with van der Waals surface area (Å²) in [6, 6.07) is 0. The van der Waals surface area contributed by atoms with Gasteiger partial charge in [0.2, 0.25) is 0 Å². The Kier molecular flexibility index (Phi) is 35.7. The lowest BCUT2D eigenvalue weighted by atomic mass is 10.1. The summed E-state index contributed by atoms with van der Waals surface area (Å²) in [5, 5.41) is 0. The Balaban J connectivity index is 6.94. The van der Waals surface area contributed by atoms with Crippen molar-refractivity contribution in [2.75, 3.05) is 39.6 Å². The summed E-state index contributed by atoms with van der Waals surface area (Å²) in [6.07, 6.45) is 10.4. The SMILES string of the molecule is CCCCOC(C)(OCCCC)C(CCC)OC(C)OP(=O)(OC(C)OC(CCC)C(C)(OCCCC)OCCCC)OC(C)OC(CCC)C(C)(OCCCC)OCCCC. The van der Waals surface area contributed by atoms with Gasteiger partial charge in [-0.25, -0.2) is 4.57 Å². The molecule has 62 heavy (non-hydrogen) atoms. The third-order valence-corrected chi connectivity index (χ3v) is 12.3. The van der Waals surface area contributed by atoms with Gasteiger partial charge in [0.05, 0.1) is 39.6 Å². The summed E-state index contributed by atoms with van der Waals surface area (Å²) < 4.78 is 92.2. The molecule has 0 aliphatic heterocycles. The molecule has 0 aliphatic rings. The van der Waals surface area contributed by atoms with Gasteiger partial charge in [0.25, 0.3) is 0 Å². The fourth-order valence-electron chi connectivity index (χ4n) is 6.73. The smallest absolute Gasteiger partial charge is 0.348 e. The molecule has 0 spiro atoms. The molecular formula is C48H99O13P. The van der Waals surface area contributed by atoms with Crippen LogP contribution in [0, 0.1) is 0 Å². The molecule has 14 heteroatoms. The molecule has 6 unspecified atom stereocenters. The lowest BCUT2D eigenvalue weighted by Crippen LogP contribution is -2.49. The summed E-state index contributed by atoms with van der Waals surface area (Å²) in [7, 11) is -4.55. The van der Waals surface area contributed by atoms with E-state index in [0.717, 1.165) is 96.3 Å². The largest absolute Gasteiger partial charge is 0.481 e. The van der Waals surface area contributed by atoms with E-state index in [-0.39, 0.29) is 0 Å². The Labute approximate surface area is 381 Å². The summed E-state index contributed by atoms with van der Waals surface area (Å²) >= 11 is 0. The van der Waals surface area contributed by atoms with E-state index in [1.807, 2.05) is 20.8 Å². The average Bonchev–Trinajstić information content (AvgIpc) is 3.20. The summed E-state index contributed by atoms with van der Waals surface area (Å²) in [6.45, 7) is 32.8. The molecule has 0 saturated heterocycles. The van der Waals surface area contributed by atoms with Crippen molar-refractivity contribution in [3.8, 4) is 0 Å². The first-order valence-corrected chi connectivity index (χ1v) is 26.5. The Morgan fingerprint density at radius 2 is 0.548 bits per heavy atom. The third-order valence-electron chi connectivity index (χ3n) is 10.6. The van der Waals surface area contributed by atoms with Crippen molar-refractivity contribution in [2.45, 2.75) is 274 Å². The van der Waals surface area contributed by atoms with Crippen LogP contribution in [0.1, 0.15) is 219 Å². The number of phosphoric acid groups is 1. The highest BCUT2D eigenvalue weighted by Gasteiger charge is 2.45. The van der Waals surface area contributed by atoms with Crippen molar-refractivity contribution in [3.63, 3.8) is 0 Å². The summed E-state index contributed by atoms with van der Waals surface area (Å²) in [5.74, 6) is -3.22. The van der Waals surface area contributed by atoms with E-state index in [0.29, 0.717) is 58.9 Å². The molecule has 0 aromatic heterocycles. The van der Waals surface area contributed by atoms with Gasteiger partial charge in [-0.2, -0.15) is 0 Å². The van der Waals surface area contributed by atoms with Gasteiger partial charge in [0.15, 0.2) is 36.2 Å². The molecule has 0 N–H and O–H groups in total. The van der Waals surface area contributed by atoms with Crippen molar-refractivity contribution in [2.24, 2.45) is 0 Å². The van der Waals surface area contributed by atoms with Gasteiger partial charge in [-0.3, -0.25) is 13.6 Å². The van der Waals surface area contributed by atoms with E-state index in [9.17, 15) is 0 Å². The Morgan fingerprint density at radius 3 is 0.710 bits per heavy atom. The average molecular weight is 915 g/mol. The topological polar surface area (TPSA) is 128 Å². The van der Waals surface area contributed by atoms with Crippen LogP contribution in [0.2, 0.25) is 0 Å². The molecule has 0 rings (SSSR count). The molecule has 0 bridgehead atoms. The molecule has 0 fully saturated rings. The fraction of sp³-hybridized carbons (Fsp3) is 1.00. The molecule has 0 amide bonds. The molecule has 374 valence electrons. The standard InChI is InChI=1S/C48H99O13P/c1-16-25-34-50-46(13,51-35-26-17-2)43(31-22-7)56-40(10)59-62(49,60-41(11)57-44(32-23-8)47(14,52-36-27-18-3)53-37-28-19-4)61-42(12)58-45(33-24-9)48(15,54-38-29-20-5)55-39-30-21-6/h40-45H,16-39H2,1-15H3. The minimum Gasteiger partial charge on any atom is -0.348 e. The van der Waals surface area contributed by atoms with Gasteiger partial charge in [0.1, 0.15) is 18.3 Å². The molecule has 0 aromatic carbocycles. The fourth-order valence-corrected chi connectivity index (χ4v) is 8.12. The molecule has 0 aliphatic carbocycles. The molecule has 13 nitrogen and oxygen atoms in total. The van der Waals surface area contributed by atoms with Gasteiger partial charge in [-0.15, -0.1) is 0 Å². The monoisotopic (exact) mass is 915 g/mol. The second-order valence-corrected chi connectivity index (χ2v) is 18.5. The minimum atomic E-state index is -4.55. The predicted molar refractivity (Wildman–Crippen MR) is 249 cm³/mol. The predicted octanol–water partition coefficient (Wildman–Crippen LogP) is 13.8. The van der Waals surface area contributed by atoms with Crippen LogP contribution < -0.4 is 0 Å². The number of hydrogen-bond acceptors (Lipinski definition) is 13. The molecule has 0 heterocycles. The minimum absolute atomic E-state index is 0.511. The zero-order valence-corrected chi connectivity index (χ0v) is 43.6. The van der Waals surface area contributed by atoms with Crippen LogP contribution >= 0.6 is 7.82 Å². The van der Waals surface area contributed by atoms with Crippen molar-refractivity contribution in [3.05, 3.63) is 0 Å². The molecule has 6 atom stereocenters. The first-order valence-electron chi connectivity index (χ1n) is 25.0. The van der Waals surface area contributed by atoms with Crippen molar-refractivity contribution < 1.29 is 60.8 Å². The normalized spacial score (nSPS) is 16.8. The Morgan fingerprint density at radius 1 is 0.355 bits per heavy atom. The van der Waals surface area contributed by atoms with Crippen molar-refractivity contribution in [1.29, 1.82) is 0 Å². The van der Waals surface area contributed by atoms with Gasteiger partial charge < -0.3 is 42.6 Å². The highest BCUT2D eigenvalue weighted by atomic mass is 31.2. The third kappa shape index (κ3) is 25.6. The maximum absolute atomic E-state index is 15.2. The van der Waals surface area contributed by atoms with E-state index in [1.54, 1.807) is 20.8 Å². The summed E-state index contributed by atoms with van der Waals surface area (Å²) in [5.41, 5.74) is 0. The lowest BCUT2D eigenvalue weighted by Gasteiger charge is -2.40. The zero-order chi connectivity index (χ0) is 46.9. The van der Waals surface area contributed by atoms with E-state index >= 15 is 4.57 Å². The van der Waals surface area contributed by atoms with E-state index in [4.69, 9.17) is 56.2 Å². The van der Waals surface area contributed by atoms with Crippen LogP contribution in [-0.2, 0) is 60.8 Å². The maximum Gasteiger partial charge on any atom is 0.481 e. The van der Waals surface area contributed by atoms with Gasteiger partial charge in [-0.05, 0) is 99.3 Å². The van der Waals surface area contributed by atoms with Crippen LogP contribution in [0.25, 0.3) is 0 Å². The van der Waals surface area contributed by atoms with Crippen molar-refractivity contribution in [1.82, 2.24) is 0 Å². The highest BCUT2D eigenvalue weighted by molar-refractivity contribution is 7.48. The first kappa shape index (κ1) is 61.8. The number of unbranched alkanes of at least 4 members (excludes halogenated alkanes) is 6. The lowest BCUT2D eigenvalue weighted by molar-refractivity contribution is -0.313. The number of ether oxygens (including phenoxy) is 9. The first-order chi connectivity index (χ1) is 29.5. The molecule has 0 radical (unpaired) electrons. The Hall–Kier alpha value is -0.250. The second-order valence-electron chi connectivity index (χ2n) is 17.0. The highest BCUT2D eigenvalue weighted by Crippen LogP contribution is 2.54. The van der Waals surface area contributed by atoms with Gasteiger partial charge in [-0.1, -0.05) is 120 Å². The van der Waals surface area contributed by atoms with Crippen LogP contribution in [0.15, 0.2) is 0 Å². The zero-order valence-electron chi connectivity index (χ0n) is 42.7. The number of phosphoric ester groups is 1. The summed E-state index contributed by atoms with van der Waals surface area (Å²) in [4.78, 5) is 0. The molecular weight excluding hydrogens is 815 g/mol. The van der Waals surface area contributed by atoms with Gasteiger partial charge in [0, 0.05) is 0 Å². The quantitative estimate of drug-likeness (QED) is 0.0327. The number of rotatable bonds is 45. The molecule has 0 aromatic rings. The van der Waals surface area contributed by atoms with Crippen molar-refractivity contribution >= 4 is 7.82 Å². The van der Waals surface area contributed by atoms with Gasteiger partial charge >= 0.3 is 7.82 Å². The van der Waals surface area contributed by atoms with E-state index < -0.39 is 62.4 Å². The van der Waals surface area contributed by atoms with Crippen LogP contribution in [0.4, 0.5) is 0 Å². The van der Waals surface area contributed by atoms with E-state index in [1.165, 1.54) is 0 Å². The van der Waals surface area contributed by atoms with Crippen LogP contribution in [0.3, 0.4) is 0 Å². The molecule has 0 saturated carbocycles. The Bertz CT molecular complexity index is 925. The van der Waals surface area contributed by atoms with E-state index in [2.05, 4.69) is 62.3 Å². The second kappa shape index (κ2) is 35.9. The van der Waals surface area contributed by atoms with Crippen LogP contribution in [-0.4, -0.2) is 94.2 Å². The van der Waals surface area contributed by atoms with Crippen LogP contribution in [0.5, 0.6) is 0 Å². The maximum atomic E-state index is 15.2. The number of hydrogen-bond donors (Lipinski definition) is 0.